The molecule has 52 heavy (non-hydrogen) atoms. The van der Waals surface area contributed by atoms with E-state index in [1.807, 2.05) is 0 Å². The van der Waals surface area contributed by atoms with Crippen LogP contribution >= 0.6 is 0 Å². The molecule has 0 saturated carbocycles. The Kier molecular flexibility index (Phi) is 6.23. The summed E-state index contributed by atoms with van der Waals surface area (Å²) in [5, 5.41) is 7.12. The van der Waals surface area contributed by atoms with Gasteiger partial charge < -0.3 is 4.42 Å². The van der Waals surface area contributed by atoms with Gasteiger partial charge >= 0.3 is 0 Å². The molecule has 1 heterocycles. The summed E-state index contributed by atoms with van der Waals surface area (Å²) < 4.78 is 6.63. The lowest BCUT2D eigenvalue weighted by Gasteiger charge is -2.35. The number of furan rings is 1. The molecule has 242 valence electrons. The van der Waals surface area contributed by atoms with E-state index in [0.717, 1.165) is 32.9 Å². The van der Waals surface area contributed by atoms with Gasteiger partial charge in [-0.05, 0) is 102 Å². The van der Waals surface area contributed by atoms with Gasteiger partial charge in [-0.15, -0.1) is 0 Å². The van der Waals surface area contributed by atoms with Crippen LogP contribution in [0, 0.1) is 0 Å². The second-order valence-electron chi connectivity index (χ2n) is 14.0. The second-order valence-corrected chi connectivity index (χ2v) is 14.0. The number of rotatable bonds is 4. The molecule has 0 saturated heterocycles. The number of benzene rings is 9. The molecule has 0 aliphatic heterocycles. The normalized spacial score (nSPS) is 13.2. The maximum absolute atomic E-state index is 6.63. The van der Waals surface area contributed by atoms with Crippen LogP contribution in [0.4, 0.5) is 0 Å². The molecule has 0 amide bonds. The van der Waals surface area contributed by atoms with Gasteiger partial charge in [0.2, 0.25) is 0 Å². The lowest BCUT2D eigenvalue weighted by molar-refractivity contribution is 0.673. The standard InChI is InChI=1S/C51H32O/c1-4-12-33(13-5-1)37-24-26-42-44-28-22-35-20-21-36(38-25-27-43-45-29-23-34-14-10-11-19-41(34)50(45)52-48(43)32-38)30-46(35)49(44)51(47(42)31-37,39-15-6-2-7-16-39)40-17-8-3-9-18-40/h1-32H. The van der Waals surface area contributed by atoms with E-state index in [-0.39, 0.29) is 0 Å². The van der Waals surface area contributed by atoms with Crippen molar-refractivity contribution < 1.29 is 4.42 Å². The number of hydrogen-bond donors (Lipinski definition) is 0. The van der Waals surface area contributed by atoms with Crippen molar-refractivity contribution in [1.29, 1.82) is 0 Å². The van der Waals surface area contributed by atoms with Gasteiger partial charge in [-0.3, -0.25) is 0 Å². The number of fused-ring (bicyclic) bond motifs is 10. The first-order valence-electron chi connectivity index (χ1n) is 18.0. The highest BCUT2D eigenvalue weighted by atomic mass is 16.3. The maximum atomic E-state index is 6.63. The monoisotopic (exact) mass is 660 g/mol. The van der Waals surface area contributed by atoms with Crippen LogP contribution in [0.15, 0.2) is 199 Å². The molecule has 0 fully saturated rings. The molecule has 1 heteroatoms. The largest absolute Gasteiger partial charge is 0.455 e. The van der Waals surface area contributed by atoms with Crippen LogP contribution in [-0.2, 0) is 5.41 Å². The van der Waals surface area contributed by atoms with Crippen LogP contribution in [0.25, 0.3) is 76.9 Å². The lowest BCUT2D eigenvalue weighted by Crippen LogP contribution is -2.28. The van der Waals surface area contributed by atoms with E-state index < -0.39 is 5.41 Å². The molecule has 9 aromatic carbocycles. The third-order valence-corrected chi connectivity index (χ3v) is 11.3. The van der Waals surface area contributed by atoms with Crippen molar-refractivity contribution in [3.63, 3.8) is 0 Å². The second kappa shape index (κ2) is 11.2. The molecule has 1 nitrogen and oxygen atoms in total. The minimum absolute atomic E-state index is 0.528. The van der Waals surface area contributed by atoms with E-state index >= 15 is 0 Å². The molecule has 1 aliphatic rings. The van der Waals surface area contributed by atoms with Crippen molar-refractivity contribution >= 4 is 43.5 Å². The quantitative estimate of drug-likeness (QED) is 0.183. The molecular formula is C51H32O. The van der Waals surface area contributed by atoms with E-state index in [9.17, 15) is 0 Å². The molecule has 0 unspecified atom stereocenters. The van der Waals surface area contributed by atoms with Crippen LogP contribution in [0.1, 0.15) is 22.3 Å². The molecule has 10 aromatic rings. The van der Waals surface area contributed by atoms with E-state index in [2.05, 4.69) is 194 Å². The lowest BCUT2D eigenvalue weighted by atomic mass is 9.66. The molecule has 0 spiro atoms. The predicted octanol–water partition coefficient (Wildman–Crippen LogP) is 13.6. The summed E-state index contributed by atoms with van der Waals surface area (Å²) in [6.07, 6.45) is 0. The van der Waals surface area contributed by atoms with Crippen LogP contribution in [-0.4, -0.2) is 0 Å². The molecule has 1 aromatic heterocycles. The Morgan fingerprint density at radius 2 is 0.904 bits per heavy atom. The van der Waals surface area contributed by atoms with Crippen molar-refractivity contribution in [2.24, 2.45) is 0 Å². The summed E-state index contributed by atoms with van der Waals surface area (Å²) in [6, 6.07) is 71.2. The summed E-state index contributed by atoms with van der Waals surface area (Å²) in [5.41, 5.74) is 13.8. The Morgan fingerprint density at radius 3 is 1.69 bits per heavy atom. The highest BCUT2D eigenvalue weighted by Crippen LogP contribution is 2.59. The van der Waals surface area contributed by atoms with Crippen molar-refractivity contribution in [2.75, 3.05) is 0 Å². The van der Waals surface area contributed by atoms with Crippen molar-refractivity contribution in [2.45, 2.75) is 5.41 Å². The van der Waals surface area contributed by atoms with Crippen LogP contribution in [0.3, 0.4) is 0 Å². The first kappa shape index (κ1) is 29.1. The molecular weight excluding hydrogens is 629 g/mol. The SMILES string of the molecule is c1ccc(-c2ccc3c(c2)C(c2ccccc2)(c2ccccc2)c2c-3ccc3ccc(-c4ccc5c(c4)oc4c6ccccc6ccc54)cc23)cc1. The van der Waals surface area contributed by atoms with Crippen LogP contribution < -0.4 is 0 Å². The summed E-state index contributed by atoms with van der Waals surface area (Å²) in [4.78, 5) is 0. The minimum Gasteiger partial charge on any atom is -0.455 e. The summed E-state index contributed by atoms with van der Waals surface area (Å²) >= 11 is 0. The topological polar surface area (TPSA) is 13.1 Å². The van der Waals surface area contributed by atoms with Gasteiger partial charge in [0.05, 0.1) is 5.41 Å². The van der Waals surface area contributed by atoms with E-state index in [1.54, 1.807) is 0 Å². The third kappa shape index (κ3) is 4.11. The fourth-order valence-corrected chi connectivity index (χ4v) is 8.99. The van der Waals surface area contributed by atoms with Gasteiger partial charge in [-0.2, -0.15) is 0 Å². The minimum atomic E-state index is -0.528. The zero-order chi connectivity index (χ0) is 34.2. The summed E-state index contributed by atoms with van der Waals surface area (Å²) in [6.45, 7) is 0. The highest BCUT2D eigenvalue weighted by Gasteiger charge is 2.47. The van der Waals surface area contributed by atoms with Crippen molar-refractivity contribution in [1.82, 2.24) is 0 Å². The Labute approximate surface area is 302 Å². The molecule has 0 radical (unpaired) electrons. The van der Waals surface area contributed by atoms with Gasteiger partial charge in [0.1, 0.15) is 11.2 Å². The zero-order valence-corrected chi connectivity index (χ0v) is 28.4. The Balaban J connectivity index is 1.19. The van der Waals surface area contributed by atoms with Gasteiger partial charge in [0, 0.05) is 16.2 Å². The Hall–Kier alpha value is -6.70. The Morgan fingerprint density at radius 1 is 0.346 bits per heavy atom. The van der Waals surface area contributed by atoms with E-state index in [4.69, 9.17) is 4.42 Å². The molecule has 1 aliphatic carbocycles. The van der Waals surface area contributed by atoms with Crippen molar-refractivity contribution in [3.8, 4) is 33.4 Å². The predicted molar refractivity (Wildman–Crippen MR) is 217 cm³/mol. The average molecular weight is 661 g/mol. The molecule has 0 N–H and O–H groups in total. The first-order valence-corrected chi connectivity index (χ1v) is 18.0. The van der Waals surface area contributed by atoms with Gasteiger partial charge in [-0.1, -0.05) is 164 Å². The molecule has 11 rings (SSSR count). The van der Waals surface area contributed by atoms with Crippen LogP contribution in [0.2, 0.25) is 0 Å². The van der Waals surface area contributed by atoms with Crippen LogP contribution in [0.5, 0.6) is 0 Å². The zero-order valence-electron chi connectivity index (χ0n) is 28.4. The first-order chi connectivity index (χ1) is 25.8. The van der Waals surface area contributed by atoms with Gasteiger partial charge in [-0.25, -0.2) is 0 Å². The third-order valence-electron chi connectivity index (χ3n) is 11.3. The van der Waals surface area contributed by atoms with E-state index in [1.165, 1.54) is 66.2 Å². The fraction of sp³-hybridized carbons (Fsp3) is 0.0196. The highest BCUT2D eigenvalue weighted by molar-refractivity contribution is 6.15. The maximum Gasteiger partial charge on any atom is 0.143 e. The van der Waals surface area contributed by atoms with E-state index in [0.29, 0.717) is 0 Å². The van der Waals surface area contributed by atoms with Gasteiger partial charge in [0.25, 0.3) is 0 Å². The summed E-state index contributed by atoms with van der Waals surface area (Å²) in [5.74, 6) is 0. The van der Waals surface area contributed by atoms with Crippen molar-refractivity contribution in [3.05, 3.63) is 216 Å². The number of hydrogen-bond acceptors (Lipinski definition) is 1. The fourth-order valence-electron chi connectivity index (χ4n) is 8.99. The van der Waals surface area contributed by atoms with Gasteiger partial charge in [0.15, 0.2) is 0 Å². The Bertz CT molecular complexity index is 2950. The summed E-state index contributed by atoms with van der Waals surface area (Å²) in [7, 11) is 0. The smallest absolute Gasteiger partial charge is 0.143 e. The molecule has 0 bridgehead atoms. The molecule has 0 atom stereocenters. The average Bonchev–Trinajstić information content (AvgIpc) is 3.75.